The highest BCUT2D eigenvalue weighted by Crippen LogP contribution is 2.24. The van der Waals surface area contributed by atoms with Crippen LogP contribution in [-0.4, -0.2) is 63.4 Å². The molecule has 1 aromatic rings. The minimum absolute atomic E-state index is 0.0556. The van der Waals surface area contributed by atoms with E-state index >= 15 is 0 Å². The molecule has 2 heterocycles. The van der Waals surface area contributed by atoms with Crippen molar-refractivity contribution in [2.45, 2.75) is 51.4 Å². The van der Waals surface area contributed by atoms with Crippen LogP contribution in [0.5, 0.6) is 0 Å². The molecule has 2 saturated heterocycles. The van der Waals surface area contributed by atoms with Gasteiger partial charge < -0.3 is 18.7 Å². The summed E-state index contributed by atoms with van der Waals surface area (Å²) in [5.74, 6) is 0. The molecule has 0 aliphatic carbocycles. The van der Waals surface area contributed by atoms with Gasteiger partial charge in [0.25, 0.3) is 0 Å². The Morgan fingerprint density at radius 1 is 1.08 bits per heavy atom. The molecule has 1 aromatic carbocycles. The van der Waals surface area contributed by atoms with E-state index in [0.29, 0.717) is 0 Å². The van der Waals surface area contributed by atoms with Crippen LogP contribution < -0.4 is 0 Å². The van der Waals surface area contributed by atoms with E-state index in [9.17, 15) is 0 Å². The summed E-state index contributed by atoms with van der Waals surface area (Å²) < 4.78 is 18.6. The zero-order chi connectivity index (χ0) is 17.9. The Bertz CT molecular complexity index is 543. The molecule has 2 aliphatic heterocycles. The van der Waals surface area contributed by atoms with E-state index < -0.39 is 0 Å². The fraction of sp³-hybridized carbons (Fsp3) is 0.714. The van der Waals surface area contributed by atoms with E-state index in [1.807, 2.05) is 0 Å². The third-order valence-corrected chi connectivity index (χ3v) is 5.50. The Hall–Kier alpha value is -0.940. The second kappa shape index (κ2) is 7.75. The predicted molar refractivity (Wildman–Crippen MR) is 99.7 cm³/mol. The van der Waals surface area contributed by atoms with E-state index in [-0.39, 0.29) is 17.8 Å². The molecule has 0 spiro atoms. The first kappa shape index (κ1) is 18.8. The topological polar surface area (TPSA) is 27.7 Å². The van der Waals surface area contributed by atoms with Crippen molar-refractivity contribution >= 4 is 0 Å². The molecule has 3 rings (SSSR count). The Labute approximate surface area is 152 Å². The largest absolute Gasteiger partial charge is 0.370 e. The summed E-state index contributed by atoms with van der Waals surface area (Å²) >= 11 is 0. The van der Waals surface area contributed by atoms with Gasteiger partial charge in [-0.2, -0.15) is 0 Å². The number of nitrogens with zero attached hydrogens (tertiary/aromatic N) is 1. The molecular formula is C21H34NO3+. The van der Waals surface area contributed by atoms with Crippen molar-refractivity contribution in [2.24, 2.45) is 0 Å². The highest BCUT2D eigenvalue weighted by atomic mass is 16.7. The first-order chi connectivity index (χ1) is 11.8. The minimum atomic E-state index is -0.0556. The van der Waals surface area contributed by atoms with Crippen LogP contribution in [0.3, 0.4) is 0 Å². The number of ether oxygens (including phenoxy) is 3. The maximum atomic E-state index is 6.15. The van der Waals surface area contributed by atoms with Crippen LogP contribution >= 0.6 is 0 Å². The summed E-state index contributed by atoms with van der Waals surface area (Å²) in [6.45, 7) is 12.4. The lowest BCUT2D eigenvalue weighted by Gasteiger charge is -2.38. The van der Waals surface area contributed by atoms with Gasteiger partial charge in [-0.3, -0.25) is 0 Å². The van der Waals surface area contributed by atoms with Crippen LogP contribution in [0.4, 0.5) is 0 Å². The molecule has 0 amide bonds. The van der Waals surface area contributed by atoms with Crippen molar-refractivity contribution in [1.29, 1.82) is 0 Å². The van der Waals surface area contributed by atoms with Gasteiger partial charge in [-0.15, -0.1) is 0 Å². The Morgan fingerprint density at radius 2 is 1.76 bits per heavy atom. The lowest BCUT2D eigenvalue weighted by Crippen LogP contribution is -2.55. The van der Waals surface area contributed by atoms with E-state index in [4.69, 9.17) is 14.2 Å². The first-order valence-electron chi connectivity index (χ1n) is 9.62. The summed E-state index contributed by atoms with van der Waals surface area (Å²) in [6.07, 6.45) is 2.09. The van der Waals surface area contributed by atoms with Crippen LogP contribution in [0.2, 0.25) is 0 Å². The zero-order valence-corrected chi connectivity index (χ0v) is 16.3. The van der Waals surface area contributed by atoms with Gasteiger partial charge in [0.1, 0.15) is 25.7 Å². The highest BCUT2D eigenvalue weighted by molar-refractivity contribution is 5.27. The molecule has 0 bridgehead atoms. The number of hydrogen-bond acceptors (Lipinski definition) is 3. The Morgan fingerprint density at radius 3 is 2.40 bits per heavy atom. The van der Waals surface area contributed by atoms with Crippen molar-refractivity contribution in [3.05, 3.63) is 35.4 Å². The van der Waals surface area contributed by atoms with Crippen LogP contribution in [0.1, 0.15) is 38.3 Å². The summed E-state index contributed by atoms with van der Waals surface area (Å²) in [6, 6.07) is 8.98. The minimum Gasteiger partial charge on any atom is -0.370 e. The second-order valence-corrected chi connectivity index (χ2v) is 8.87. The van der Waals surface area contributed by atoms with Gasteiger partial charge in [0.05, 0.1) is 26.9 Å². The summed E-state index contributed by atoms with van der Waals surface area (Å²) in [7, 11) is 2.30. The van der Waals surface area contributed by atoms with Gasteiger partial charge in [-0.05, 0) is 23.0 Å². The van der Waals surface area contributed by atoms with Gasteiger partial charge in [-0.25, -0.2) is 0 Å². The highest BCUT2D eigenvalue weighted by Gasteiger charge is 2.34. The summed E-state index contributed by atoms with van der Waals surface area (Å²) in [5.41, 5.74) is 2.95. The maximum absolute atomic E-state index is 6.15. The number of aryl methyl sites for hydroxylation is 1. The number of hydrogen-bond donors (Lipinski definition) is 0. The van der Waals surface area contributed by atoms with Crippen molar-refractivity contribution in [3.8, 4) is 0 Å². The number of quaternary nitrogens is 1. The SMILES string of the molecule is CC(C)(C)c1ccc(CC[C@@H]2OC[C@H](C[N+]3(C)CCOCC3)O2)cc1. The van der Waals surface area contributed by atoms with Crippen LogP contribution in [-0.2, 0) is 26.0 Å². The van der Waals surface area contributed by atoms with E-state index in [2.05, 4.69) is 52.1 Å². The monoisotopic (exact) mass is 348 g/mol. The molecule has 25 heavy (non-hydrogen) atoms. The van der Waals surface area contributed by atoms with Gasteiger partial charge in [0, 0.05) is 6.42 Å². The summed E-state index contributed by atoms with van der Waals surface area (Å²) in [4.78, 5) is 0. The molecule has 2 atom stereocenters. The number of benzene rings is 1. The molecule has 0 unspecified atom stereocenters. The van der Waals surface area contributed by atoms with Crippen LogP contribution in [0.15, 0.2) is 24.3 Å². The quantitative estimate of drug-likeness (QED) is 0.765. The summed E-state index contributed by atoms with van der Waals surface area (Å²) in [5, 5.41) is 0. The smallest absolute Gasteiger partial charge is 0.158 e. The van der Waals surface area contributed by atoms with Crippen LogP contribution in [0.25, 0.3) is 0 Å². The standard InChI is InChI=1S/C21H34NO3/c1-21(2,3)18-8-5-17(6-9-18)7-10-20-24-16-19(25-20)15-22(4)11-13-23-14-12-22/h5-6,8-9,19-20H,7,10-16H2,1-4H3/q+1/t19-,20+/m0/s1. The molecule has 4 nitrogen and oxygen atoms in total. The number of rotatable bonds is 5. The number of likely N-dealkylation sites (N-methyl/N-ethyl adjacent to an activating group) is 1. The molecule has 0 aromatic heterocycles. The lowest BCUT2D eigenvalue weighted by atomic mass is 9.86. The molecule has 0 radical (unpaired) electrons. The molecule has 2 fully saturated rings. The molecule has 0 N–H and O–H groups in total. The zero-order valence-electron chi connectivity index (χ0n) is 16.3. The molecule has 4 heteroatoms. The number of morpholine rings is 1. The Kier molecular flexibility index (Phi) is 5.84. The third kappa shape index (κ3) is 5.27. The maximum Gasteiger partial charge on any atom is 0.158 e. The van der Waals surface area contributed by atoms with Gasteiger partial charge in [0.15, 0.2) is 6.29 Å². The second-order valence-electron chi connectivity index (χ2n) is 8.87. The van der Waals surface area contributed by atoms with E-state index in [1.54, 1.807) is 0 Å². The van der Waals surface area contributed by atoms with Gasteiger partial charge >= 0.3 is 0 Å². The van der Waals surface area contributed by atoms with Crippen molar-refractivity contribution in [3.63, 3.8) is 0 Å². The van der Waals surface area contributed by atoms with Gasteiger partial charge in [-0.1, -0.05) is 45.0 Å². The van der Waals surface area contributed by atoms with Gasteiger partial charge in [0.2, 0.25) is 0 Å². The normalized spacial score (nSPS) is 26.7. The van der Waals surface area contributed by atoms with Crippen molar-refractivity contribution in [2.75, 3.05) is 46.5 Å². The van der Waals surface area contributed by atoms with Crippen molar-refractivity contribution < 1.29 is 18.7 Å². The first-order valence-corrected chi connectivity index (χ1v) is 9.62. The van der Waals surface area contributed by atoms with E-state index in [1.165, 1.54) is 11.1 Å². The average Bonchev–Trinajstić information content (AvgIpc) is 3.00. The van der Waals surface area contributed by atoms with E-state index in [0.717, 1.165) is 56.8 Å². The fourth-order valence-electron chi connectivity index (χ4n) is 3.67. The predicted octanol–water partition coefficient (Wildman–Crippen LogP) is 3.14. The van der Waals surface area contributed by atoms with Crippen molar-refractivity contribution in [1.82, 2.24) is 0 Å². The lowest BCUT2D eigenvalue weighted by molar-refractivity contribution is -0.919. The Balaban J connectivity index is 1.44. The fourth-order valence-corrected chi connectivity index (χ4v) is 3.67. The molecule has 2 aliphatic rings. The molecule has 140 valence electrons. The van der Waals surface area contributed by atoms with Crippen LogP contribution in [0, 0.1) is 0 Å². The average molecular weight is 349 g/mol. The molecule has 0 saturated carbocycles. The molecular weight excluding hydrogens is 314 g/mol. The third-order valence-electron chi connectivity index (χ3n) is 5.50.